The number of sulfonamides is 1. The van der Waals surface area contributed by atoms with Gasteiger partial charge in [-0.15, -0.1) is 0 Å². The van der Waals surface area contributed by atoms with Gasteiger partial charge in [0, 0.05) is 6.07 Å². The Labute approximate surface area is 98.8 Å². The van der Waals surface area contributed by atoms with Crippen LogP contribution in [0.25, 0.3) is 0 Å². The topological polar surface area (TPSA) is 82.3 Å². The maximum atomic E-state index is 12.5. The predicted molar refractivity (Wildman–Crippen MR) is 54.8 cm³/mol. The standard InChI is InChI=1S/C7H7BrF2N2O3S/c1-15-3-2-4(16(11,13)14)6(8)12-5(3)7(9)10/h2,7H,1H3,(H2,11,13,14). The quantitative estimate of drug-likeness (QED) is 0.855. The Hall–Kier alpha value is -0.800. The Morgan fingerprint density at radius 3 is 2.50 bits per heavy atom. The van der Waals surface area contributed by atoms with Crippen LogP contribution in [-0.4, -0.2) is 20.5 Å². The van der Waals surface area contributed by atoms with Crippen LogP contribution >= 0.6 is 15.9 Å². The van der Waals surface area contributed by atoms with E-state index in [4.69, 9.17) is 5.14 Å². The first kappa shape index (κ1) is 13.3. The van der Waals surface area contributed by atoms with Gasteiger partial charge in [0.1, 0.15) is 20.9 Å². The summed E-state index contributed by atoms with van der Waals surface area (Å²) in [5.41, 5.74) is -0.651. The van der Waals surface area contributed by atoms with Crippen LogP contribution in [-0.2, 0) is 10.0 Å². The molecule has 2 N–H and O–H groups in total. The molecule has 1 heterocycles. The SMILES string of the molecule is COc1cc(S(N)(=O)=O)c(Br)nc1C(F)F. The van der Waals surface area contributed by atoms with Crippen molar-refractivity contribution in [2.24, 2.45) is 5.14 Å². The van der Waals surface area contributed by atoms with Crippen molar-refractivity contribution >= 4 is 26.0 Å². The molecule has 5 nitrogen and oxygen atoms in total. The smallest absolute Gasteiger partial charge is 0.284 e. The van der Waals surface area contributed by atoms with E-state index in [9.17, 15) is 17.2 Å². The van der Waals surface area contributed by atoms with Gasteiger partial charge in [0.2, 0.25) is 10.0 Å². The number of primary sulfonamides is 1. The van der Waals surface area contributed by atoms with Crippen molar-refractivity contribution in [1.82, 2.24) is 4.98 Å². The molecular formula is C7H7BrF2N2O3S. The van der Waals surface area contributed by atoms with Crippen molar-refractivity contribution in [1.29, 1.82) is 0 Å². The number of alkyl halides is 2. The number of ether oxygens (including phenoxy) is 1. The van der Waals surface area contributed by atoms with Crippen LogP contribution in [0.1, 0.15) is 12.1 Å². The summed E-state index contributed by atoms with van der Waals surface area (Å²) in [6.07, 6.45) is -2.87. The number of nitrogens with zero attached hydrogens (tertiary/aromatic N) is 1. The van der Waals surface area contributed by atoms with Gasteiger partial charge in [0.15, 0.2) is 0 Å². The minimum atomic E-state index is -4.04. The molecule has 0 bridgehead atoms. The van der Waals surface area contributed by atoms with Crippen molar-refractivity contribution in [3.8, 4) is 5.75 Å². The maximum Gasteiger partial charge on any atom is 0.284 e. The van der Waals surface area contributed by atoms with Crippen LogP contribution in [0.4, 0.5) is 8.78 Å². The fourth-order valence-corrected chi connectivity index (χ4v) is 2.52. The van der Waals surface area contributed by atoms with E-state index in [-0.39, 0.29) is 10.4 Å². The third-order valence-electron chi connectivity index (χ3n) is 1.67. The third kappa shape index (κ3) is 2.66. The van der Waals surface area contributed by atoms with Crippen LogP contribution in [0.15, 0.2) is 15.6 Å². The van der Waals surface area contributed by atoms with Gasteiger partial charge >= 0.3 is 0 Å². The van der Waals surface area contributed by atoms with Crippen LogP contribution in [0.5, 0.6) is 5.75 Å². The fraction of sp³-hybridized carbons (Fsp3) is 0.286. The van der Waals surface area contributed by atoms with Crippen molar-refractivity contribution in [2.75, 3.05) is 7.11 Å². The number of hydrogen-bond donors (Lipinski definition) is 1. The number of aromatic nitrogens is 1. The summed E-state index contributed by atoms with van der Waals surface area (Å²) in [6.45, 7) is 0. The predicted octanol–water partition coefficient (Wildman–Crippen LogP) is 1.44. The lowest BCUT2D eigenvalue weighted by molar-refractivity contribution is 0.141. The zero-order valence-corrected chi connectivity index (χ0v) is 10.3. The molecule has 9 heteroatoms. The minimum Gasteiger partial charge on any atom is -0.495 e. The molecule has 90 valence electrons. The van der Waals surface area contributed by atoms with Gasteiger partial charge in [-0.3, -0.25) is 0 Å². The molecule has 1 aromatic rings. The third-order valence-corrected chi connectivity index (χ3v) is 3.46. The molecule has 16 heavy (non-hydrogen) atoms. The van der Waals surface area contributed by atoms with Crippen LogP contribution in [0.2, 0.25) is 0 Å². The van der Waals surface area contributed by atoms with Crippen LogP contribution < -0.4 is 9.88 Å². The molecule has 0 spiro atoms. The van der Waals surface area contributed by atoms with Crippen molar-refractivity contribution < 1.29 is 21.9 Å². The number of pyridine rings is 1. The molecule has 0 aliphatic carbocycles. The van der Waals surface area contributed by atoms with Gasteiger partial charge in [0.25, 0.3) is 6.43 Å². The van der Waals surface area contributed by atoms with Crippen LogP contribution in [0.3, 0.4) is 0 Å². The lowest BCUT2D eigenvalue weighted by Gasteiger charge is -2.09. The first-order chi connectivity index (χ1) is 7.27. The molecular weight excluding hydrogens is 310 g/mol. The molecule has 0 aromatic carbocycles. The molecule has 0 atom stereocenters. The van der Waals surface area contributed by atoms with Gasteiger partial charge in [-0.1, -0.05) is 0 Å². The average molecular weight is 317 g/mol. The second-order valence-corrected chi connectivity index (χ2v) is 4.99. The first-order valence-corrected chi connectivity index (χ1v) is 6.16. The van der Waals surface area contributed by atoms with Crippen molar-refractivity contribution in [2.45, 2.75) is 11.3 Å². The second kappa shape index (κ2) is 4.60. The summed E-state index contributed by atoms with van der Waals surface area (Å²) in [7, 11) is -2.91. The molecule has 0 amide bonds. The number of hydrogen-bond acceptors (Lipinski definition) is 4. The van der Waals surface area contributed by atoms with E-state index in [1.807, 2.05) is 0 Å². The molecule has 0 saturated carbocycles. The number of methoxy groups -OCH3 is 1. The average Bonchev–Trinajstić information content (AvgIpc) is 2.15. The first-order valence-electron chi connectivity index (χ1n) is 3.82. The molecule has 1 aromatic heterocycles. The van der Waals surface area contributed by atoms with E-state index in [1.54, 1.807) is 0 Å². The Morgan fingerprint density at radius 1 is 1.56 bits per heavy atom. The summed E-state index contributed by atoms with van der Waals surface area (Å²) in [4.78, 5) is 2.98. The molecule has 0 fully saturated rings. The lowest BCUT2D eigenvalue weighted by Crippen LogP contribution is -2.14. The Morgan fingerprint density at radius 2 is 2.12 bits per heavy atom. The van der Waals surface area contributed by atoms with Crippen LogP contribution in [0, 0.1) is 0 Å². The van der Waals surface area contributed by atoms with E-state index < -0.39 is 27.0 Å². The Balaban J connectivity index is 3.50. The molecule has 0 aliphatic rings. The Kier molecular flexibility index (Phi) is 3.81. The number of halogens is 3. The highest BCUT2D eigenvalue weighted by Crippen LogP contribution is 2.32. The van der Waals surface area contributed by atoms with Gasteiger partial charge in [-0.05, 0) is 15.9 Å². The maximum absolute atomic E-state index is 12.5. The number of rotatable bonds is 3. The van der Waals surface area contributed by atoms with Crippen molar-refractivity contribution in [3.63, 3.8) is 0 Å². The van der Waals surface area contributed by atoms with E-state index in [0.29, 0.717) is 0 Å². The summed E-state index contributed by atoms with van der Waals surface area (Å²) >= 11 is 2.76. The lowest BCUT2D eigenvalue weighted by atomic mass is 10.3. The minimum absolute atomic E-state index is 0.272. The number of nitrogens with two attached hydrogens (primary N) is 1. The van der Waals surface area contributed by atoms with Gasteiger partial charge < -0.3 is 4.74 Å². The molecule has 0 unspecified atom stereocenters. The second-order valence-electron chi connectivity index (χ2n) is 2.71. The molecule has 0 radical (unpaired) electrons. The summed E-state index contributed by atoms with van der Waals surface area (Å²) in [5.74, 6) is -0.331. The van der Waals surface area contributed by atoms with Gasteiger partial charge in [0.05, 0.1) is 7.11 Å². The molecule has 1 rings (SSSR count). The Bertz CT molecular complexity index is 507. The van der Waals surface area contributed by atoms with E-state index >= 15 is 0 Å². The molecule has 0 aliphatic heterocycles. The normalized spacial score (nSPS) is 11.9. The van der Waals surface area contributed by atoms with Crippen molar-refractivity contribution in [3.05, 3.63) is 16.4 Å². The highest BCUT2D eigenvalue weighted by atomic mass is 79.9. The van der Waals surface area contributed by atoms with Gasteiger partial charge in [-0.2, -0.15) is 0 Å². The van der Waals surface area contributed by atoms with E-state index in [1.165, 1.54) is 0 Å². The highest BCUT2D eigenvalue weighted by molar-refractivity contribution is 9.10. The highest BCUT2D eigenvalue weighted by Gasteiger charge is 2.22. The monoisotopic (exact) mass is 316 g/mol. The summed E-state index contributed by atoms with van der Waals surface area (Å²) in [6, 6.07) is 0.897. The van der Waals surface area contributed by atoms with E-state index in [2.05, 4.69) is 25.7 Å². The zero-order valence-electron chi connectivity index (χ0n) is 7.95. The van der Waals surface area contributed by atoms with E-state index in [0.717, 1.165) is 13.2 Å². The molecule has 0 saturated heterocycles. The summed E-state index contributed by atoms with van der Waals surface area (Å²) < 4.78 is 51.4. The largest absolute Gasteiger partial charge is 0.495 e. The fourth-order valence-electron chi connectivity index (χ4n) is 0.988. The van der Waals surface area contributed by atoms with Gasteiger partial charge in [-0.25, -0.2) is 27.3 Å². The zero-order chi connectivity index (χ0) is 12.5. The summed E-state index contributed by atoms with van der Waals surface area (Å²) in [5, 5.41) is 4.87.